The van der Waals surface area contributed by atoms with Crippen LogP contribution in [0, 0.1) is 5.82 Å². The molecule has 0 radical (unpaired) electrons. The minimum atomic E-state index is -0.847. The molecular weight excluding hydrogens is 417 g/mol. The predicted molar refractivity (Wildman–Crippen MR) is 103 cm³/mol. The van der Waals surface area contributed by atoms with Crippen LogP contribution in [-0.2, 0) is 4.79 Å². The third-order valence-corrected chi connectivity index (χ3v) is 4.15. The molecule has 8 heteroatoms. The number of nitrogens with one attached hydrogen (secondary N) is 1. The smallest absolute Gasteiger partial charge is 0.271 e. The van der Waals surface area contributed by atoms with Crippen LogP contribution >= 0.6 is 15.9 Å². The van der Waals surface area contributed by atoms with E-state index in [2.05, 4.69) is 26.3 Å². The molecule has 3 rings (SSSR count). The summed E-state index contributed by atoms with van der Waals surface area (Å²) in [7, 11) is 0. The first kappa shape index (κ1) is 18.8. The second-order valence-electron chi connectivity index (χ2n) is 5.65. The number of rotatable bonds is 5. The summed E-state index contributed by atoms with van der Waals surface area (Å²) < 4.78 is 20.6. The fourth-order valence-corrected chi connectivity index (χ4v) is 2.50. The summed E-state index contributed by atoms with van der Waals surface area (Å²) in [6.07, 6.45) is -0.847. The number of amides is 1. The van der Waals surface area contributed by atoms with Crippen molar-refractivity contribution in [2.24, 2.45) is 0 Å². The fourth-order valence-electron chi connectivity index (χ4n) is 2.24. The lowest BCUT2D eigenvalue weighted by molar-refractivity contribution is -0.122. The monoisotopic (exact) mass is 431 g/mol. The van der Waals surface area contributed by atoms with Crippen molar-refractivity contribution in [2.75, 3.05) is 5.32 Å². The van der Waals surface area contributed by atoms with Gasteiger partial charge in [0.2, 0.25) is 5.88 Å². The van der Waals surface area contributed by atoms with Crippen molar-refractivity contribution in [3.8, 4) is 11.6 Å². The SMILES string of the molecule is CC(Oc1ccc(=O)n(-c2ccc(F)cc2)n1)C(=O)Nc1ccc(Br)cc1. The van der Waals surface area contributed by atoms with E-state index in [9.17, 15) is 14.0 Å². The van der Waals surface area contributed by atoms with E-state index in [0.717, 1.165) is 9.15 Å². The van der Waals surface area contributed by atoms with Gasteiger partial charge in [-0.2, -0.15) is 4.68 Å². The van der Waals surface area contributed by atoms with Gasteiger partial charge in [0.25, 0.3) is 11.5 Å². The first-order valence-electron chi connectivity index (χ1n) is 8.02. The summed E-state index contributed by atoms with van der Waals surface area (Å²) in [5.74, 6) is -0.687. The van der Waals surface area contributed by atoms with E-state index in [1.165, 1.54) is 36.4 Å². The summed E-state index contributed by atoms with van der Waals surface area (Å²) in [4.78, 5) is 24.3. The number of halogens is 2. The van der Waals surface area contributed by atoms with Crippen LogP contribution < -0.4 is 15.6 Å². The second-order valence-corrected chi connectivity index (χ2v) is 6.57. The Hall–Kier alpha value is -3.00. The van der Waals surface area contributed by atoms with Gasteiger partial charge in [-0.15, -0.1) is 5.10 Å². The van der Waals surface area contributed by atoms with Gasteiger partial charge in [0.1, 0.15) is 5.82 Å². The third kappa shape index (κ3) is 4.79. The van der Waals surface area contributed by atoms with Gasteiger partial charge in [-0.1, -0.05) is 15.9 Å². The van der Waals surface area contributed by atoms with E-state index in [1.807, 2.05) is 0 Å². The van der Waals surface area contributed by atoms with Crippen molar-refractivity contribution in [3.63, 3.8) is 0 Å². The largest absolute Gasteiger partial charge is 0.463 e. The molecule has 0 saturated carbocycles. The number of carbonyl (C=O) groups excluding carboxylic acids is 1. The highest BCUT2D eigenvalue weighted by molar-refractivity contribution is 9.10. The van der Waals surface area contributed by atoms with Crippen LogP contribution in [0.1, 0.15) is 6.92 Å². The molecule has 27 heavy (non-hydrogen) atoms. The number of carbonyl (C=O) groups is 1. The van der Waals surface area contributed by atoms with Crippen LogP contribution in [0.5, 0.6) is 5.88 Å². The molecule has 0 aliphatic carbocycles. The molecule has 0 aliphatic heterocycles. The molecule has 0 saturated heterocycles. The zero-order valence-electron chi connectivity index (χ0n) is 14.2. The molecule has 1 atom stereocenters. The normalized spacial score (nSPS) is 11.7. The number of anilines is 1. The lowest BCUT2D eigenvalue weighted by Gasteiger charge is -2.15. The highest BCUT2D eigenvalue weighted by Crippen LogP contribution is 2.15. The van der Waals surface area contributed by atoms with E-state index in [0.29, 0.717) is 11.4 Å². The average Bonchev–Trinajstić information content (AvgIpc) is 2.66. The van der Waals surface area contributed by atoms with Gasteiger partial charge in [0.05, 0.1) is 5.69 Å². The van der Waals surface area contributed by atoms with Crippen molar-refractivity contribution >= 4 is 27.5 Å². The van der Waals surface area contributed by atoms with Crippen LogP contribution in [0.25, 0.3) is 5.69 Å². The van der Waals surface area contributed by atoms with E-state index < -0.39 is 17.5 Å². The molecule has 138 valence electrons. The van der Waals surface area contributed by atoms with Crippen LogP contribution in [0.15, 0.2) is 69.9 Å². The highest BCUT2D eigenvalue weighted by Gasteiger charge is 2.16. The standard InChI is InChI=1S/C19H15BrFN3O3/c1-12(19(26)22-15-6-2-13(20)3-7-15)27-17-10-11-18(25)24(23-17)16-8-4-14(21)5-9-16/h2-12H,1H3,(H,22,26). The molecule has 1 heterocycles. The number of ether oxygens (including phenoxy) is 1. The second kappa shape index (κ2) is 8.13. The van der Waals surface area contributed by atoms with Gasteiger partial charge in [-0.25, -0.2) is 4.39 Å². The summed E-state index contributed by atoms with van der Waals surface area (Å²) in [5.41, 5.74) is 0.614. The van der Waals surface area contributed by atoms with Crippen LogP contribution in [0.2, 0.25) is 0 Å². The maximum absolute atomic E-state index is 13.1. The molecule has 3 aromatic rings. The molecule has 2 aromatic carbocycles. The Labute approximate surface area is 162 Å². The van der Waals surface area contributed by atoms with Crippen LogP contribution in [-0.4, -0.2) is 21.8 Å². The quantitative estimate of drug-likeness (QED) is 0.670. The fraction of sp³-hybridized carbons (Fsp3) is 0.105. The average molecular weight is 432 g/mol. The molecule has 1 aromatic heterocycles. The van der Waals surface area contributed by atoms with Crippen molar-refractivity contribution < 1.29 is 13.9 Å². The Morgan fingerprint density at radius 1 is 1.11 bits per heavy atom. The number of aromatic nitrogens is 2. The van der Waals surface area contributed by atoms with Crippen molar-refractivity contribution in [2.45, 2.75) is 13.0 Å². The molecule has 1 N–H and O–H groups in total. The zero-order valence-corrected chi connectivity index (χ0v) is 15.8. The maximum Gasteiger partial charge on any atom is 0.271 e. The van der Waals surface area contributed by atoms with Gasteiger partial charge >= 0.3 is 0 Å². The van der Waals surface area contributed by atoms with Crippen LogP contribution in [0.3, 0.4) is 0 Å². The van der Waals surface area contributed by atoms with Gasteiger partial charge < -0.3 is 10.1 Å². The van der Waals surface area contributed by atoms with Crippen molar-refractivity contribution in [1.29, 1.82) is 0 Å². The van der Waals surface area contributed by atoms with E-state index in [-0.39, 0.29) is 11.8 Å². The topological polar surface area (TPSA) is 73.2 Å². The minimum Gasteiger partial charge on any atom is -0.463 e. The summed E-state index contributed by atoms with van der Waals surface area (Å²) in [6.45, 7) is 1.57. The van der Waals surface area contributed by atoms with Crippen molar-refractivity contribution in [1.82, 2.24) is 9.78 Å². The molecule has 1 unspecified atom stereocenters. The lowest BCUT2D eigenvalue weighted by Crippen LogP contribution is -2.31. The Balaban J connectivity index is 1.74. The molecule has 0 bridgehead atoms. The number of nitrogens with zero attached hydrogens (tertiary/aromatic N) is 2. The molecule has 6 nitrogen and oxygen atoms in total. The summed E-state index contributed by atoms with van der Waals surface area (Å²) in [5, 5.41) is 6.82. The molecule has 0 aliphatic rings. The Morgan fingerprint density at radius 2 is 1.78 bits per heavy atom. The lowest BCUT2D eigenvalue weighted by atomic mass is 10.3. The van der Waals surface area contributed by atoms with Crippen LogP contribution in [0.4, 0.5) is 10.1 Å². The summed E-state index contributed by atoms with van der Waals surface area (Å²) >= 11 is 3.33. The van der Waals surface area contributed by atoms with E-state index in [1.54, 1.807) is 31.2 Å². The highest BCUT2D eigenvalue weighted by atomic mass is 79.9. The number of benzene rings is 2. The molecule has 0 fully saturated rings. The summed E-state index contributed by atoms with van der Waals surface area (Å²) in [6, 6.07) is 15.1. The third-order valence-electron chi connectivity index (χ3n) is 3.63. The maximum atomic E-state index is 13.1. The van der Waals surface area contributed by atoms with Gasteiger partial charge in [0.15, 0.2) is 6.10 Å². The van der Waals surface area contributed by atoms with Gasteiger partial charge in [-0.3, -0.25) is 9.59 Å². The molecular formula is C19H15BrFN3O3. The minimum absolute atomic E-state index is 0.0948. The van der Waals surface area contributed by atoms with E-state index in [4.69, 9.17) is 4.74 Å². The molecule has 1 amide bonds. The van der Waals surface area contributed by atoms with Crippen molar-refractivity contribution in [3.05, 3.63) is 81.3 Å². The Kier molecular flexibility index (Phi) is 5.66. The zero-order chi connectivity index (χ0) is 19.4. The first-order valence-corrected chi connectivity index (χ1v) is 8.81. The first-order chi connectivity index (χ1) is 12.9. The number of hydrogen-bond donors (Lipinski definition) is 1. The Morgan fingerprint density at radius 3 is 2.44 bits per heavy atom. The molecule has 0 spiro atoms. The van der Waals surface area contributed by atoms with Gasteiger partial charge in [0, 0.05) is 22.3 Å². The predicted octanol–water partition coefficient (Wildman–Crippen LogP) is 3.54. The van der Waals surface area contributed by atoms with E-state index >= 15 is 0 Å². The number of hydrogen-bond acceptors (Lipinski definition) is 4. The van der Waals surface area contributed by atoms with Gasteiger partial charge in [-0.05, 0) is 55.5 Å². The Bertz CT molecular complexity index is 1000.